The lowest BCUT2D eigenvalue weighted by molar-refractivity contribution is -0.153. The van der Waals surface area contributed by atoms with Crippen molar-refractivity contribution in [1.29, 1.82) is 0 Å². The third-order valence-electron chi connectivity index (χ3n) is 9.26. The van der Waals surface area contributed by atoms with Crippen LogP contribution in [0.3, 0.4) is 0 Å². The van der Waals surface area contributed by atoms with Crippen molar-refractivity contribution in [3.05, 3.63) is 0 Å². The lowest BCUT2D eigenvalue weighted by Crippen LogP contribution is -2.40. The van der Waals surface area contributed by atoms with Gasteiger partial charge in [-0.3, -0.25) is 9.69 Å². The lowest BCUT2D eigenvalue weighted by atomic mass is 9.95. The summed E-state index contributed by atoms with van der Waals surface area (Å²) in [6.07, 6.45) is 31.0. The van der Waals surface area contributed by atoms with E-state index in [-0.39, 0.29) is 18.2 Å². The predicted molar refractivity (Wildman–Crippen MR) is 181 cm³/mol. The molecule has 42 heavy (non-hydrogen) atoms. The third kappa shape index (κ3) is 23.8. The fraction of sp³-hybridized carbons (Fsp3) is 0.973. The molecule has 5 heteroatoms. The van der Waals surface area contributed by atoms with Gasteiger partial charge in [0.1, 0.15) is 6.10 Å². The topological polar surface area (TPSA) is 53.0 Å². The van der Waals surface area contributed by atoms with Crippen molar-refractivity contribution in [2.45, 2.75) is 193 Å². The number of hydrogen-bond donors (Lipinski definition) is 1. The van der Waals surface area contributed by atoms with Gasteiger partial charge in [0.2, 0.25) is 0 Å². The van der Waals surface area contributed by atoms with Crippen molar-refractivity contribution in [1.82, 2.24) is 9.80 Å². The molecule has 1 aliphatic rings. The van der Waals surface area contributed by atoms with Gasteiger partial charge < -0.3 is 14.7 Å². The molecule has 1 rings (SSSR count). The number of hydrogen-bond acceptors (Lipinski definition) is 5. The van der Waals surface area contributed by atoms with Gasteiger partial charge in [0.05, 0.1) is 12.6 Å². The van der Waals surface area contributed by atoms with Gasteiger partial charge in [-0.15, -0.1) is 0 Å². The highest BCUT2D eigenvalue weighted by molar-refractivity contribution is 5.71. The van der Waals surface area contributed by atoms with E-state index in [1.54, 1.807) is 0 Å². The van der Waals surface area contributed by atoms with Crippen molar-refractivity contribution in [3.8, 4) is 0 Å². The molecule has 1 aliphatic carbocycles. The van der Waals surface area contributed by atoms with Gasteiger partial charge in [-0.05, 0) is 64.6 Å². The highest BCUT2D eigenvalue weighted by Gasteiger charge is 2.23. The second-order valence-electron chi connectivity index (χ2n) is 13.4. The van der Waals surface area contributed by atoms with Crippen LogP contribution in [0.1, 0.15) is 181 Å². The third-order valence-corrected chi connectivity index (χ3v) is 9.26. The van der Waals surface area contributed by atoms with E-state index >= 15 is 0 Å². The molecule has 0 heterocycles. The van der Waals surface area contributed by atoms with Crippen LogP contribution >= 0.6 is 0 Å². The number of ether oxygens (including phenoxy) is 1. The van der Waals surface area contributed by atoms with Crippen LogP contribution in [0.25, 0.3) is 0 Å². The van der Waals surface area contributed by atoms with E-state index in [1.807, 2.05) is 0 Å². The molecule has 0 saturated heterocycles. The number of aliphatic hydroxyl groups excluding tert-OH is 1. The molecule has 0 bridgehead atoms. The van der Waals surface area contributed by atoms with Gasteiger partial charge in [0, 0.05) is 13.1 Å². The summed E-state index contributed by atoms with van der Waals surface area (Å²) in [5.74, 6) is -0.0648. The standard InChI is InChI=1S/C37H74N2O3/c1-4-7-10-13-16-19-22-29-38(30-23-20-17-14-11-8-5-2)32-33-39(31-24-21-18-15-12-9-6-3)34-37(41)42-36-27-25-35(40)26-28-36/h35-36,40H,4-34H2,1-3H3. The Morgan fingerprint density at radius 3 is 1.31 bits per heavy atom. The SMILES string of the molecule is CCCCCCCCCN(CCCCCCCCC)CCN(CCCCCCCCC)CC(=O)OC1CCC(O)CC1. The average Bonchev–Trinajstić information content (AvgIpc) is 2.98. The maximum absolute atomic E-state index is 13.0. The molecule has 0 aromatic heterocycles. The summed E-state index contributed by atoms with van der Waals surface area (Å²) < 4.78 is 5.88. The Balaban J connectivity index is 2.56. The van der Waals surface area contributed by atoms with E-state index in [0.717, 1.165) is 45.3 Å². The van der Waals surface area contributed by atoms with Crippen molar-refractivity contribution < 1.29 is 14.6 Å². The van der Waals surface area contributed by atoms with Crippen molar-refractivity contribution in [2.75, 3.05) is 39.3 Å². The van der Waals surface area contributed by atoms with Crippen LogP contribution in [-0.4, -0.2) is 72.4 Å². The molecule has 1 N–H and O–H groups in total. The largest absolute Gasteiger partial charge is 0.461 e. The number of carbonyl (C=O) groups is 1. The van der Waals surface area contributed by atoms with Crippen molar-refractivity contribution in [3.63, 3.8) is 0 Å². The summed E-state index contributed by atoms with van der Waals surface area (Å²) in [6.45, 7) is 12.7. The Morgan fingerprint density at radius 1 is 0.524 bits per heavy atom. The molecule has 0 unspecified atom stereocenters. The lowest BCUT2D eigenvalue weighted by Gasteiger charge is -2.29. The molecule has 0 amide bonds. The summed E-state index contributed by atoms with van der Waals surface area (Å²) >= 11 is 0. The molecular formula is C37H74N2O3. The summed E-state index contributed by atoms with van der Waals surface area (Å²) in [5, 5.41) is 9.82. The second kappa shape index (κ2) is 29.1. The number of aliphatic hydroxyl groups is 1. The fourth-order valence-electron chi connectivity index (χ4n) is 6.33. The zero-order valence-corrected chi connectivity index (χ0v) is 28.7. The van der Waals surface area contributed by atoms with Gasteiger partial charge in [-0.2, -0.15) is 0 Å². The minimum atomic E-state index is -0.215. The Morgan fingerprint density at radius 2 is 0.881 bits per heavy atom. The molecule has 1 fully saturated rings. The van der Waals surface area contributed by atoms with Gasteiger partial charge >= 0.3 is 5.97 Å². The first-order chi connectivity index (χ1) is 20.6. The molecule has 0 spiro atoms. The van der Waals surface area contributed by atoms with E-state index in [0.29, 0.717) is 6.54 Å². The average molecular weight is 595 g/mol. The second-order valence-corrected chi connectivity index (χ2v) is 13.4. The maximum Gasteiger partial charge on any atom is 0.320 e. The Hall–Kier alpha value is -0.650. The van der Waals surface area contributed by atoms with E-state index < -0.39 is 0 Å². The first kappa shape index (κ1) is 39.4. The zero-order chi connectivity index (χ0) is 30.5. The molecule has 0 atom stereocenters. The van der Waals surface area contributed by atoms with E-state index in [1.165, 1.54) is 148 Å². The Labute approximate surface area is 262 Å². The first-order valence-electron chi connectivity index (χ1n) is 18.9. The fourth-order valence-corrected chi connectivity index (χ4v) is 6.33. The quantitative estimate of drug-likeness (QED) is 0.0663. The smallest absolute Gasteiger partial charge is 0.320 e. The molecule has 0 aromatic carbocycles. The number of carbonyl (C=O) groups excluding carboxylic acids is 1. The highest BCUT2D eigenvalue weighted by Crippen LogP contribution is 2.21. The summed E-state index contributed by atoms with van der Waals surface area (Å²) in [4.78, 5) is 18.0. The maximum atomic E-state index is 13.0. The molecule has 0 aromatic rings. The normalized spacial score (nSPS) is 17.4. The monoisotopic (exact) mass is 595 g/mol. The van der Waals surface area contributed by atoms with E-state index in [2.05, 4.69) is 30.6 Å². The van der Waals surface area contributed by atoms with Gasteiger partial charge in [-0.1, -0.05) is 136 Å². The summed E-state index contributed by atoms with van der Waals surface area (Å²) in [6, 6.07) is 0. The molecule has 0 radical (unpaired) electrons. The molecule has 250 valence electrons. The van der Waals surface area contributed by atoms with Gasteiger partial charge in [0.15, 0.2) is 0 Å². The number of nitrogens with zero attached hydrogens (tertiary/aromatic N) is 2. The highest BCUT2D eigenvalue weighted by atomic mass is 16.5. The molecular weight excluding hydrogens is 520 g/mol. The minimum absolute atomic E-state index is 0.00698. The van der Waals surface area contributed by atoms with Crippen LogP contribution in [0.5, 0.6) is 0 Å². The molecule has 5 nitrogen and oxygen atoms in total. The molecule has 1 saturated carbocycles. The molecule has 0 aliphatic heterocycles. The van der Waals surface area contributed by atoms with Crippen LogP contribution < -0.4 is 0 Å². The number of esters is 1. The minimum Gasteiger partial charge on any atom is -0.461 e. The Bertz CT molecular complexity index is 561. The number of rotatable bonds is 30. The van der Waals surface area contributed by atoms with Crippen LogP contribution in [0.4, 0.5) is 0 Å². The Kier molecular flexibility index (Phi) is 27.3. The first-order valence-corrected chi connectivity index (χ1v) is 18.9. The van der Waals surface area contributed by atoms with Crippen LogP contribution in [0, 0.1) is 0 Å². The summed E-state index contributed by atoms with van der Waals surface area (Å²) in [7, 11) is 0. The zero-order valence-electron chi connectivity index (χ0n) is 28.7. The summed E-state index contributed by atoms with van der Waals surface area (Å²) in [5.41, 5.74) is 0. The van der Waals surface area contributed by atoms with Crippen LogP contribution in [0.2, 0.25) is 0 Å². The van der Waals surface area contributed by atoms with Gasteiger partial charge in [-0.25, -0.2) is 0 Å². The van der Waals surface area contributed by atoms with Crippen LogP contribution in [-0.2, 0) is 9.53 Å². The van der Waals surface area contributed by atoms with Crippen molar-refractivity contribution >= 4 is 5.97 Å². The van der Waals surface area contributed by atoms with E-state index in [4.69, 9.17) is 4.74 Å². The number of unbranched alkanes of at least 4 members (excludes halogenated alkanes) is 18. The predicted octanol–water partition coefficient (Wildman–Crippen LogP) is 9.69. The van der Waals surface area contributed by atoms with Gasteiger partial charge in [0.25, 0.3) is 0 Å². The van der Waals surface area contributed by atoms with E-state index in [9.17, 15) is 9.90 Å². The van der Waals surface area contributed by atoms with Crippen molar-refractivity contribution in [2.24, 2.45) is 0 Å². The van der Waals surface area contributed by atoms with Crippen LogP contribution in [0.15, 0.2) is 0 Å².